The number of amides is 2. The first-order valence-electron chi connectivity index (χ1n) is 10.5. The van der Waals surface area contributed by atoms with Gasteiger partial charge in [-0.2, -0.15) is 0 Å². The molecule has 31 heavy (non-hydrogen) atoms. The Morgan fingerprint density at radius 1 is 1.03 bits per heavy atom. The number of benzene rings is 1. The van der Waals surface area contributed by atoms with Crippen LogP contribution in [0.5, 0.6) is 17.2 Å². The van der Waals surface area contributed by atoms with Gasteiger partial charge in [0.2, 0.25) is 0 Å². The normalized spacial score (nSPS) is 19.4. The molecule has 9 heteroatoms. The minimum Gasteiger partial charge on any atom is -0.496 e. The lowest BCUT2D eigenvalue weighted by Crippen LogP contribution is -2.49. The maximum Gasteiger partial charge on any atom is 0.338 e. The van der Waals surface area contributed by atoms with Crippen molar-refractivity contribution in [1.82, 2.24) is 15.5 Å². The van der Waals surface area contributed by atoms with E-state index in [9.17, 15) is 9.59 Å². The van der Waals surface area contributed by atoms with Gasteiger partial charge in [-0.05, 0) is 38.9 Å². The van der Waals surface area contributed by atoms with Crippen LogP contribution in [-0.4, -0.2) is 64.5 Å². The number of nitrogens with one attached hydrogen (secondary N) is 2. The molecule has 1 fully saturated rings. The van der Waals surface area contributed by atoms with E-state index in [1.54, 1.807) is 19.1 Å². The summed E-state index contributed by atoms with van der Waals surface area (Å²) in [6.07, 6.45) is 3.39. The van der Waals surface area contributed by atoms with Crippen molar-refractivity contribution in [2.75, 3.05) is 47.6 Å². The average molecular weight is 434 g/mol. The molecule has 2 aliphatic heterocycles. The standard InChI is InChI=1S/C22H31N3O6/c1-5-31-21(26)19-15(13-25-9-7-6-8-10-25)23-22(27)24-20(19)14-11-17(29-3)18(30-4)12-16(14)28-2/h11-12,20H,5-10,13H2,1-4H3,(H2,23,24,27)/t20-/m0/s1. The third-order valence-electron chi connectivity index (χ3n) is 5.53. The molecule has 0 radical (unpaired) electrons. The van der Waals surface area contributed by atoms with E-state index in [2.05, 4.69) is 15.5 Å². The molecular weight excluding hydrogens is 402 g/mol. The van der Waals surface area contributed by atoms with E-state index in [0.717, 1.165) is 25.9 Å². The first kappa shape index (κ1) is 22.7. The number of piperidine rings is 1. The number of hydrogen-bond acceptors (Lipinski definition) is 7. The molecule has 1 aromatic rings. The van der Waals surface area contributed by atoms with E-state index in [4.69, 9.17) is 18.9 Å². The zero-order valence-corrected chi connectivity index (χ0v) is 18.6. The van der Waals surface area contributed by atoms with Crippen molar-refractivity contribution in [3.05, 3.63) is 29.0 Å². The van der Waals surface area contributed by atoms with E-state index < -0.39 is 12.0 Å². The maximum atomic E-state index is 13.0. The molecule has 3 rings (SSSR count). The number of likely N-dealkylation sites (tertiary alicyclic amines) is 1. The predicted octanol–water partition coefficient (Wildman–Crippen LogP) is 2.37. The summed E-state index contributed by atoms with van der Waals surface area (Å²) in [7, 11) is 4.58. The Labute approximate surface area is 182 Å². The number of carbonyl (C=O) groups is 2. The third-order valence-corrected chi connectivity index (χ3v) is 5.53. The molecule has 0 aromatic heterocycles. The number of urea groups is 1. The fraction of sp³-hybridized carbons (Fsp3) is 0.545. The SMILES string of the molecule is CCOC(=O)C1=C(CN2CCCCC2)NC(=O)N[C@H]1c1cc(OC)c(OC)cc1OC. The molecule has 0 saturated carbocycles. The Hall–Kier alpha value is -2.94. The quantitative estimate of drug-likeness (QED) is 0.608. The fourth-order valence-corrected chi connectivity index (χ4v) is 4.05. The number of rotatable bonds is 8. The van der Waals surface area contributed by atoms with E-state index in [0.29, 0.717) is 40.6 Å². The number of carbonyl (C=O) groups excluding carboxylic acids is 2. The Morgan fingerprint density at radius 2 is 1.68 bits per heavy atom. The highest BCUT2D eigenvalue weighted by atomic mass is 16.5. The molecule has 2 heterocycles. The smallest absolute Gasteiger partial charge is 0.338 e. The summed E-state index contributed by atoms with van der Waals surface area (Å²) in [4.78, 5) is 27.9. The molecule has 170 valence electrons. The van der Waals surface area contributed by atoms with Crippen LogP contribution in [0, 0.1) is 0 Å². The van der Waals surface area contributed by atoms with Crippen LogP contribution < -0.4 is 24.8 Å². The topological polar surface area (TPSA) is 98.4 Å². The van der Waals surface area contributed by atoms with Gasteiger partial charge >= 0.3 is 12.0 Å². The lowest BCUT2D eigenvalue weighted by molar-refractivity contribution is -0.139. The zero-order chi connectivity index (χ0) is 22.4. The van der Waals surface area contributed by atoms with Gasteiger partial charge in [-0.25, -0.2) is 9.59 Å². The molecular formula is C22H31N3O6. The predicted molar refractivity (Wildman–Crippen MR) is 114 cm³/mol. The maximum absolute atomic E-state index is 13.0. The average Bonchev–Trinajstić information content (AvgIpc) is 2.78. The van der Waals surface area contributed by atoms with Crippen molar-refractivity contribution in [1.29, 1.82) is 0 Å². The Bertz CT molecular complexity index is 848. The van der Waals surface area contributed by atoms with Gasteiger partial charge in [-0.3, -0.25) is 4.90 Å². The van der Waals surface area contributed by atoms with Crippen LogP contribution in [-0.2, 0) is 9.53 Å². The summed E-state index contributed by atoms with van der Waals surface area (Å²) >= 11 is 0. The molecule has 2 N–H and O–H groups in total. The van der Waals surface area contributed by atoms with Crippen molar-refractivity contribution in [2.24, 2.45) is 0 Å². The lowest BCUT2D eigenvalue weighted by Gasteiger charge is -2.34. The van der Waals surface area contributed by atoms with Crippen LogP contribution in [0.3, 0.4) is 0 Å². The van der Waals surface area contributed by atoms with Gasteiger partial charge in [-0.1, -0.05) is 6.42 Å². The van der Waals surface area contributed by atoms with Crippen LogP contribution in [0.4, 0.5) is 4.79 Å². The van der Waals surface area contributed by atoms with Crippen molar-refractivity contribution in [2.45, 2.75) is 32.2 Å². The molecule has 1 aromatic carbocycles. The number of esters is 1. The third kappa shape index (κ3) is 5.04. The molecule has 0 bridgehead atoms. The molecule has 0 unspecified atom stereocenters. The van der Waals surface area contributed by atoms with Gasteiger partial charge < -0.3 is 29.6 Å². The van der Waals surface area contributed by atoms with Crippen LogP contribution in [0.1, 0.15) is 37.8 Å². The molecule has 0 aliphatic carbocycles. The second-order valence-corrected chi connectivity index (χ2v) is 7.43. The van der Waals surface area contributed by atoms with Crippen molar-refractivity contribution in [3.63, 3.8) is 0 Å². The molecule has 9 nitrogen and oxygen atoms in total. The summed E-state index contributed by atoms with van der Waals surface area (Å²) < 4.78 is 21.7. The number of ether oxygens (including phenoxy) is 4. The largest absolute Gasteiger partial charge is 0.496 e. The van der Waals surface area contributed by atoms with E-state index in [-0.39, 0.29) is 12.6 Å². The summed E-state index contributed by atoms with van der Waals surface area (Å²) in [5.41, 5.74) is 1.48. The molecule has 1 saturated heterocycles. The highest BCUT2D eigenvalue weighted by Gasteiger charge is 2.36. The van der Waals surface area contributed by atoms with Gasteiger partial charge in [-0.15, -0.1) is 0 Å². The van der Waals surface area contributed by atoms with Gasteiger partial charge in [0.05, 0.1) is 39.6 Å². The first-order valence-corrected chi connectivity index (χ1v) is 10.5. The van der Waals surface area contributed by atoms with Crippen LogP contribution in [0.2, 0.25) is 0 Å². The van der Waals surface area contributed by atoms with Crippen LogP contribution in [0.15, 0.2) is 23.4 Å². The fourth-order valence-electron chi connectivity index (χ4n) is 4.05. The minimum atomic E-state index is -0.762. The highest BCUT2D eigenvalue weighted by Crippen LogP contribution is 2.41. The summed E-state index contributed by atoms with van der Waals surface area (Å²) in [6, 6.07) is 2.24. The molecule has 2 amide bonds. The summed E-state index contributed by atoms with van der Waals surface area (Å²) in [5, 5.41) is 5.68. The second kappa shape index (κ2) is 10.4. The van der Waals surface area contributed by atoms with Crippen LogP contribution >= 0.6 is 0 Å². The van der Waals surface area contributed by atoms with Crippen molar-refractivity contribution < 1.29 is 28.5 Å². The first-order chi connectivity index (χ1) is 15.0. The minimum absolute atomic E-state index is 0.225. The Balaban J connectivity index is 2.10. The number of hydrogen-bond donors (Lipinski definition) is 2. The number of nitrogens with zero attached hydrogens (tertiary/aromatic N) is 1. The van der Waals surface area contributed by atoms with Gasteiger partial charge in [0.25, 0.3) is 0 Å². The Kier molecular flexibility index (Phi) is 7.62. The Morgan fingerprint density at radius 3 is 2.29 bits per heavy atom. The monoisotopic (exact) mass is 433 g/mol. The highest BCUT2D eigenvalue weighted by molar-refractivity contribution is 5.95. The van der Waals surface area contributed by atoms with E-state index >= 15 is 0 Å². The summed E-state index contributed by atoms with van der Waals surface area (Å²) in [6.45, 7) is 4.29. The molecule has 0 spiro atoms. The summed E-state index contributed by atoms with van der Waals surface area (Å²) in [5.74, 6) is 0.929. The lowest BCUT2D eigenvalue weighted by atomic mass is 9.93. The van der Waals surface area contributed by atoms with Crippen molar-refractivity contribution in [3.8, 4) is 17.2 Å². The van der Waals surface area contributed by atoms with E-state index in [1.807, 2.05) is 0 Å². The van der Waals surface area contributed by atoms with Gasteiger partial charge in [0.1, 0.15) is 5.75 Å². The van der Waals surface area contributed by atoms with Crippen molar-refractivity contribution >= 4 is 12.0 Å². The molecule has 1 atom stereocenters. The van der Waals surface area contributed by atoms with Gasteiger partial charge in [0, 0.05) is 23.9 Å². The van der Waals surface area contributed by atoms with E-state index in [1.165, 1.54) is 27.8 Å². The zero-order valence-electron chi connectivity index (χ0n) is 18.6. The van der Waals surface area contributed by atoms with Gasteiger partial charge in [0.15, 0.2) is 11.5 Å². The molecule has 2 aliphatic rings. The van der Waals surface area contributed by atoms with Crippen LogP contribution in [0.25, 0.3) is 0 Å². The second-order valence-electron chi connectivity index (χ2n) is 7.43. The number of methoxy groups -OCH3 is 3.